The maximum atomic E-state index is 12.4. The predicted octanol–water partition coefficient (Wildman–Crippen LogP) is 3.29. The SMILES string of the molecule is O=C(Cn1cccc1-c1nc(-c2ccc3c(c2)OCO3)no1)NCCc1ccccc1. The Labute approximate surface area is 178 Å². The summed E-state index contributed by atoms with van der Waals surface area (Å²) in [5.41, 5.74) is 2.63. The number of rotatable bonds is 7. The minimum Gasteiger partial charge on any atom is -0.454 e. The first kappa shape index (κ1) is 18.9. The summed E-state index contributed by atoms with van der Waals surface area (Å²) in [6.07, 6.45) is 2.60. The van der Waals surface area contributed by atoms with Crippen LogP contribution in [0.2, 0.25) is 0 Å². The molecule has 0 aliphatic carbocycles. The molecule has 8 nitrogen and oxygen atoms in total. The van der Waals surface area contributed by atoms with Crippen molar-refractivity contribution in [1.29, 1.82) is 0 Å². The molecule has 0 bridgehead atoms. The van der Waals surface area contributed by atoms with Crippen LogP contribution in [0, 0.1) is 0 Å². The number of hydrogen-bond acceptors (Lipinski definition) is 6. The van der Waals surface area contributed by atoms with Gasteiger partial charge in [0.2, 0.25) is 18.5 Å². The van der Waals surface area contributed by atoms with Crippen molar-refractivity contribution in [2.45, 2.75) is 13.0 Å². The molecule has 0 spiro atoms. The number of benzene rings is 2. The Morgan fingerprint density at radius 3 is 2.81 bits per heavy atom. The van der Waals surface area contributed by atoms with Gasteiger partial charge in [-0.1, -0.05) is 35.5 Å². The lowest BCUT2D eigenvalue weighted by Crippen LogP contribution is -2.29. The van der Waals surface area contributed by atoms with E-state index < -0.39 is 0 Å². The predicted molar refractivity (Wildman–Crippen MR) is 112 cm³/mol. The fourth-order valence-electron chi connectivity index (χ4n) is 3.43. The van der Waals surface area contributed by atoms with Gasteiger partial charge < -0.3 is 23.9 Å². The van der Waals surface area contributed by atoms with Gasteiger partial charge in [0.05, 0.1) is 0 Å². The molecule has 4 aromatic rings. The van der Waals surface area contributed by atoms with E-state index in [4.69, 9.17) is 14.0 Å². The first-order valence-corrected chi connectivity index (χ1v) is 9.96. The van der Waals surface area contributed by atoms with E-state index >= 15 is 0 Å². The lowest BCUT2D eigenvalue weighted by Gasteiger charge is -2.08. The molecular weight excluding hydrogens is 396 g/mol. The fraction of sp³-hybridized carbons (Fsp3) is 0.174. The molecule has 0 saturated carbocycles. The van der Waals surface area contributed by atoms with Gasteiger partial charge in [0.1, 0.15) is 12.2 Å². The molecule has 0 unspecified atom stereocenters. The van der Waals surface area contributed by atoms with Gasteiger partial charge in [0.25, 0.3) is 5.89 Å². The Balaban J connectivity index is 1.24. The van der Waals surface area contributed by atoms with E-state index in [9.17, 15) is 4.79 Å². The molecule has 3 heterocycles. The van der Waals surface area contributed by atoms with Crippen molar-refractivity contribution >= 4 is 5.91 Å². The molecule has 1 amide bonds. The third-order valence-corrected chi connectivity index (χ3v) is 5.00. The highest BCUT2D eigenvalue weighted by Crippen LogP contribution is 2.35. The highest BCUT2D eigenvalue weighted by Gasteiger charge is 2.18. The van der Waals surface area contributed by atoms with Crippen LogP contribution >= 0.6 is 0 Å². The Kier molecular flexibility index (Phi) is 5.10. The fourth-order valence-corrected chi connectivity index (χ4v) is 3.43. The topological polar surface area (TPSA) is 91.4 Å². The number of hydrogen-bond donors (Lipinski definition) is 1. The van der Waals surface area contributed by atoms with Crippen LogP contribution in [-0.4, -0.2) is 34.0 Å². The third-order valence-electron chi connectivity index (χ3n) is 5.00. The second kappa shape index (κ2) is 8.35. The van der Waals surface area contributed by atoms with E-state index in [1.807, 2.05) is 66.9 Å². The van der Waals surface area contributed by atoms with Gasteiger partial charge in [0.15, 0.2) is 11.5 Å². The van der Waals surface area contributed by atoms with Crippen LogP contribution in [-0.2, 0) is 17.8 Å². The van der Waals surface area contributed by atoms with Crippen LogP contribution < -0.4 is 14.8 Å². The Bertz CT molecular complexity index is 1200. The smallest absolute Gasteiger partial charge is 0.274 e. The highest BCUT2D eigenvalue weighted by molar-refractivity contribution is 5.76. The second-order valence-corrected chi connectivity index (χ2v) is 7.10. The van der Waals surface area contributed by atoms with Crippen LogP contribution in [0.4, 0.5) is 0 Å². The summed E-state index contributed by atoms with van der Waals surface area (Å²) in [6, 6.07) is 19.2. The number of nitrogens with one attached hydrogen (secondary N) is 1. The molecule has 1 N–H and O–H groups in total. The zero-order valence-corrected chi connectivity index (χ0v) is 16.7. The normalized spacial score (nSPS) is 12.1. The van der Waals surface area contributed by atoms with E-state index in [0.29, 0.717) is 35.5 Å². The molecule has 0 fully saturated rings. The van der Waals surface area contributed by atoms with Crippen molar-refractivity contribution in [3.63, 3.8) is 0 Å². The first-order chi connectivity index (χ1) is 15.3. The van der Waals surface area contributed by atoms with Crippen molar-refractivity contribution in [3.05, 3.63) is 72.4 Å². The number of carbonyl (C=O) groups excluding carboxylic acids is 1. The minimum atomic E-state index is -0.0797. The highest BCUT2D eigenvalue weighted by atomic mass is 16.7. The molecule has 2 aromatic carbocycles. The molecule has 156 valence electrons. The van der Waals surface area contributed by atoms with Gasteiger partial charge >= 0.3 is 0 Å². The molecule has 1 aliphatic heterocycles. The number of carbonyl (C=O) groups is 1. The summed E-state index contributed by atoms with van der Waals surface area (Å²) < 4.78 is 18.0. The largest absolute Gasteiger partial charge is 0.454 e. The van der Waals surface area contributed by atoms with E-state index in [1.54, 1.807) is 4.57 Å². The van der Waals surface area contributed by atoms with E-state index in [0.717, 1.165) is 12.0 Å². The average Bonchev–Trinajstić information content (AvgIpc) is 3.54. The summed E-state index contributed by atoms with van der Waals surface area (Å²) in [6.45, 7) is 0.949. The summed E-state index contributed by atoms with van der Waals surface area (Å²) in [7, 11) is 0. The van der Waals surface area contributed by atoms with E-state index in [2.05, 4.69) is 15.5 Å². The number of amides is 1. The Hall–Kier alpha value is -4.07. The molecule has 2 aromatic heterocycles. The molecule has 31 heavy (non-hydrogen) atoms. The van der Waals surface area contributed by atoms with Gasteiger partial charge in [-0.2, -0.15) is 4.98 Å². The van der Waals surface area contributed by atoms with Gasteiger partial charge in [-0.3, -0.25) is 4.79 Å². The van der Waals surface area contributed by atoms with Gasteiger partial charge in [-0.05, 0) is 42.3 Å². The summed E-state index contributed by atoms with van der Waals surface area (Å²) >= 11 is 0. The van der Waals surface area contributed by atoms with Crippen molar-refractivity contribution in [3.8, 4) is 34.5 Å². The quantitative estimate of drug-likeness (QED) is 0.497. The van der Waals surface area contributed by atoms with Crippen LogP contribution in [0.1, 0.15) is 5.56 Å². The monoisotopic (exact) mass is 416 g/mol. The van der Waals surface area contributed by atoms with Crippen LogP contribution in [0.3, 0.4) is 0 Å². The van der Waals surface area contributed by atoms with Gasteiger partial charge in [-0.25, -0.2) is 0 Å². The van der Waals surface area contributed by atoms with Crippen molar-refractivity contribution in [2.75, 3.05) is 13.3 Å². The maximum Gasteiger partial charge on any atom is 0.274 e. The van der Waals surface area contributed by atoms with Crippen LogP contribution in [0.15, 0.2) is 71.4 Å². The number of ether oxygens (including phenoxy) is 2. The molecule has 0 radical (unpaired) electrons. The molecule has 0 saturated heterocycles. The number of aromatic nitrogens is 3. The maximum absolute atomic E-state index is 12.4. The van der Waals surface area contributed by atoms with Crippen LogP contribution in [0.25, 0.3) is 23.0 Å². The van der Waals surface area contributed by atoms with Gasteiger partial charge in [-0.15, -0.1) is 0 Å². The number of fused-ring (bicyclic) bond motifs is 1. The zero-order valence-electron chi connectivity index (χ0n) is 16.7. The Morgan fingerprint density at radius 2 is 1.90 bits per heavy atom. The van der Waals surface area contributed by atoms with Gasteiger partial charge in [0, 0.05) is 18.3 Å². The van der Waals surface area contributed by atoms with E-state index in [1.165, 1.54) is 5.56 Å². The molecule has 1 aliphatic rings. The summed E-state index contributed by atoms with van der Waals surface area (Å²) in [4.78, 5) is 16.9. The molecule has 8 heteroatoms. The van der Waals surface area contributed by atoms with Crippen molar-refractivity contribution in [1.82, 2.24) is 20.0 Å². The zero-order chi connectivity index (χ0) is 21.0. The lowest BCUT2D eigenvalue weighted by molar-refractivity contribution is -0.121. The minimum absolute atomic E-state index is 0.0797. The number of nitrogens with zero attached hydrogens (tertiary/aromatic N) is 3. The molecule has 5 rings (SSSR count). The standard InChI is InChI=1S/C23H20N4O4/c28-21(24-11-10-16-5-2-1-3-6-16)14-27-12-4-7-18(27)23-25-22(26-31-23)17-8-9-19-20(13-17)30-15-29-19/h1-9,12-13H,10-11,14-15H2,(H,24,28). The lowest BCUT2D eigenvalue weighted by atomic mass is 10.1. The van der Waals surface area contributed by atoms with Crippen molar-refractivity contribution in [2.24, 2.45) is 0 Å². The third kappa shape index (κ3) is 4.13. The average molecular weight is 416 g/mol. The van der Waals surface area contributed by atoms with Crippen molar-refractivity contribution < 1.29 is 18.8 Å². The Morgan fingerprint density at radius 1 is 1.03 bits per heavy atom. The summed E-state index contributed by atoms with van der Waals surface area (Å²) in [5, 5.41) is 7.03. The second-order valence-electron chi connectivity index (χ2n) is 7.10. The first-order valence-electron chi connectivity index (χ1n) is 9.96. The van der Waals surface area contributed by atoms with Crippen LogP contribution in [0.5, 0.6) is 11.5 Å². The molecule has 0 atom stereocenters. The summed E-state index contributed by atoms with van der Waals surface area (Å²) in [5.74, 6) is 2.05. The molecular formula is C23H20N4O4. The van der Waals surface area contributed by atoms with E-state index in [-0.39, 0.29) is 19.2 Å².